The van der Waals surface area contributed by atoms with Gasteiger partial charge in [0.25, 0.3) is 0 Å². The number of hydrogen-bond acceptors (Lipinski definition) is 3. The zero-order chi connectivity index (χ0) is 7.86. The Labute approximate surface area is 50.0 Å². The SMILES string of the molecule is NN=C(N)N.O=[N+](O)O. The van der Waals surface area contributed by atoms with Gasteiger partial charge in [-0.15, -0.1) is 5.10 Å². The normalized spacial score (nSPS) is 6.22. The second-order valence-electron chi connectivity index (χ2n) is 0.807. The maximum Gasteiger partial charge on any atom is 0.472 e. The van der Waals surface area contributed by atoms with Gasteiger partial charge in [0.15, 0.2) is 0 Å². The van der Waals surface area contributed by atoms with E-state index in [1.54, 1.807) is 0 Å². The van der Waals surface area contributed by atoms with Crippen LogP contribution in [0.15, 0.2) is 5.10 Å². The van der Waals surface area contributed by atoms with E-state index in [9.17, 15) is 0 Å². The van der Waals surface area contributed by atoms with Crippen molar-refractivity contribution in [1.29, 1.82) is 0 Å². The molecule has 54 valence electrons. The summed E-state index contributed by atoms with van der Waals surface area (Å²) in [5.74, 6) is 4.42. The van der Waals surface area contributed by atoms with Crippen molar-refractivity contribution in [3.05, 3.63) is 4.91 Å². The molecule has 0 aromatic rings. The van der Waals surface area contributed by atoms with Crippen LogP contribution in [0.4, 0.5) is 0 Å². The van der Waals surface area contributed by atoms with Crippen molar-refractivity contribution in [3.63, 3.8) is 0 Å². The van der Waals surface area contributed by atoms with Crippen LogP contribution in [0, 0.1) is 4.91 Å². The molecule has 0 aliphatic carbocycles. The van der Waals surface area contributed by atoms with E-state index in [0.717, 1.165) is 0 Å². The van der Waals surface area contributed by atoms with Crippen LogP contribution >= 0.6 is 0 Å². The minimum absolute atomic E-state index is 0.0926. The van der Waals surface area contributed by atoms with Crippen molar-refractivity contribution in [2.45, 2.75) is 0 Å². The molecule has 9 heavy (non-hydrogen) atoms. The monoisotopic (exact) mass is 138 g/mol. The molecule has 0 unspecified atom stereocenters. The molecule has 0 aliphatic heterocycles. The Balaban J connectivity index is 0. The Morgan fingerprint density at radius 2 is 1.56 bits per heavy atom. The fourth-order valence-corrected chi connectivity index (χ4v) is 0. The summed E-state index contributed by atoms with van der Waals surface area (Å²) in [6.45, 7) is 0. The van der Waals surface area contributed by atoms with E-state index in [-0.39, 0.29) is 5.96 Å². The van der Waals surface area contributed by atoms with E-state index in [1.807, 2.05) is 0 Å². The molecule has 0 radical (unpaired) electrons. The fourth-order valence-electron chi connectivity index (χ4n) is 0. The number of rotatable bonds is 0. The number of hydrogen-bond donors (Lipinski definition) is 5. The summed E-state index contributed by atoms with van der Waals surface area (Å²) in [7, 11) is 0. The first kappa shape index (κ1) is 10.3. The number of nitrogens with two attached hydrogens (primary N) is 3. The van der Waals surface area contributed by atoms with Gasteiger partial charge in [-0.25, -0.2) is 10.4 Å². The molecule has 0 aliphatic rings. The summed E-state index contributed by atoms with van der Waals surface area (Å²) < 4.78 is 0. The van der Waals surface area contributed by atoms with Gasteiger partial charge in [-0.2, -0.15) is 0 Å². The molecule has 0 saturated heterocycles. The summed E-state index contributed by atoms with van der Waals surface area (Å²) in [4.78, 5) is 8.47. The smallest absolute Gasteiger partial charge is 0.369 e. The first-order valence-electron chi connectivity index (χ1n) is 1.64. The van der Waals surface area contributed by atoms with E-state index < -0.39 is 5.09 Å². The Morgan fingerprint density at radius 1 is 1.44 bits per heavy atom. The lowest BCUT2D eigenvalue weighted by Crippen LogP contribution is -2.23. The minimum Gasteiger partial charge on any atom is -0.369 e. The largest absolute Gasteiger partial charge is 0.472 e. The first-order chi connectivity index (χ1) is 4.00. The van der Waals surface area contributed by atoms with Crippen LogP contribution in [0.3, 0.4) is 0 Å². The van der Waals surface area contributed by atoms with E-state index >= 15 is 0 Å². The second kappa shape index (κ2) is 6.27. The van der Waals surface area contributed by atoms with Crippen LogP contribution in [-0.2, 0) is 0 Å². The highest BCUT2D eigenvalue weighted by Crippen LogP contribution is 1.31. The van der Waals surface area contributed by atoms with Gasteiger partial charge < -0.3 is 17.3 Å². The second-order valence-corrected chi connectivity index (χ2v) is 0.807. The molecule has 0 amide bonds. The van der Waals surface area contributed by atoms with Crippen molar-refractivity contribution in [3.8, 4) is 0 Å². The van der Waals surface area contributed by atoms with Crippen molar-refractivity contribution < 1.29 is 15.5 Å². The molecule has 0 atom stereocenters. The molecular formula is CH8N5O3+. The summed E-state index contributed by atoms with van der Waals surface area (Å²) in [5, 5.41) is 15.4. The molecule has 0 heterocycles. The van der Waals surface area contributed by atoms with Crippen LogP contribution in [0.5, 0.6) is 0 Å². The molecule has 0 rings (SSSR count). The number of guanidine groups is 1. The Kier molecular flexibility index (Phi) is 7.17. The summed E-state index contributed by atoms with van der Waals surface area (Å²) in [5.41, 5.74) is 9.39. The molecule has 8 nitrogen and oxygen atoms in total. The first-order valence-corrected chi connectivity index (χ1v) is 1.64. The third kappa shape index (κ3) is 1570. The highest BCUT2D eigenvalue weighted by molar-refractivity contribution is 5.75. The minimum atomic E-state index is -1.25. The van der Waals surface area contributed by atoms with Gasteiger partial charge in [0.05, 0.1) is 0 Å². The van der Waals surface area contributed by atoms with Crippen molar-refractivity contribution in [1.82, 2.24) is 0 Å². The van der Waals surface area contributed by atoms with E-state index in [1.165, 1.54) is 0 Å². The van der Waals surface area contributed by atoms with Gasteiger partial charge in [0.1, 0.15) is 4.91 Å². The average Bonchev–Trinajstić information content (AvgIpc) is 1.65. The Bertz CT molecular complexity index is 101. The van der Waals surface area contributed by atoms with Gasteiger partial charge >= 0.3 is 5.09 Å². The molecule has 0 saturated carbocycles. The third-order valence-electron chi connectivity index (χ3n) is 0.149. The molecule has 8 heteroatoms. The molecule has 0 fully saturated rings. The number of nitrogens with zero attached hydrogens (tertiary/aromatic N) is 2. The molecular weight excluding hydrogens is 130 g/mol. The van der Waals surface area contributed by atoms with Gasteiger partial charge in [-0.1, -0.05) is 0 Å². The predicted octanol–water partition coefficient (Wildman–Crippen LogP) is -2.32. The van der Waals surface area contributed by atoms with Gasteiger partial charge in [-0.05, 0) is 0 Å². The standard InChI is InChI=1S/CH6N4.H2NO3/c2-1(3)5-4;2-1(3)4/h4H2,(H4,2,3,5);(H2,2,3,4)/q;+1. The predicted molar refractivity (Wildman–Crippen MR) is 27.2 cm³/mol. The molecule has 0 bridgehead atoms. The summed E-state index contributed by atoms with van der Waals surface area (Å²) in [6.07, 6.45) is 0. The van der Waals surface area contributed by atoms with Gasteiger partial charge in [0, 0.05) is 0 Å². The molecule has 0 aromatic carbocycles. The lowest BCUT2D eigenvalue weighted by molar-refractivity contribution is -0.969. The summed E-state index contributed by atoms with van der Waals surface area (Å²) >= 11 is 0. The molecule has 0 spiro atoms. The van der Waals surface area contributed by atoms with Crippen molar-refractivity contribution in [2.75, 3.05) is 0 Å². The highest BCUT2D eigenvalue weighted by atomic mass is 16.9. The zero-order valence-corrected chi connectivity index (χ0v) is 4.43. The maximum atomic E-state index is 8.47. The van der Waals surface area contributed by atoms with E-state index in [2.05, 4.69) is 10.9 Å². The van der Waals surface area contributed by atoms with Crippen LogP contribution in [0.25, 0.3) is 0 Å². The van der Waals surface area contributed by atoms with Crippen molar-refractivity contribution in [2.24, 2.45) is 22.4 Å². The topological polar surface area (TPSA) is 151 Å². The maximum absolute atomic E-state index is 8.47. The Hall–Kier alpha value is -1.73. The van der Waals surface area contributed by atoms with Crippen LogP contribution in [0.2, 0.25) is 0 Å². The van der Waals surface area contributed by atoms with E-state index in [4.69, 9.17) is 26.8 Å². The average molecular weight is 138 g/mol. The summed E-state index contributed by atoms with van der Waals surface area (Å²) in [6, 6.07) is 0. The zero-order valence-electron chi connectivity index (χ0n) is 4.43. The molecule has 0 aromatic heterocycles. The van der Waals surface area contributed by atoms with Crippen LogP contribution < -0.4 is 17.3 Å². The van der Waals surface area contributed by atoms with Crippen molar-refractivity contribution >= 4 is 5.96 Å². The van der Waals surface area contributed by atoms with Crippen LogP contribution in [-0.4, -0.2) is 21.5 Å². The third-order valence-corrected chi connectivity index (χ3v) is 0.149. The quantitative estimate of drug-likeness (QED) is 0.110. The molecule has 8 N–H and O–H groups in total. The number of hydrazone groups is 1. The van der Waals surface area contributed by atoms with Crippen LogP contribution in [0.1, 0.15) is 0 Å². The highest BCUT2D eigenvalue weighted by Gasteiger charge is 1.78. The Morgan fingerprint density at radius 3 is 1.56 bits per heavy atom. The fraction of sp³-hybridized carbons (Fsp3) is 0. The van der Waals surface area contributed by atoms with Gasteiger partial charge in [-0.3, -0.25) is 0 Å². The lowest BCUT2D eigenvalue weighted by atomic mass is 11.1. The van der Waals surface area contributed by atoms with E-state index in [0.29, 0.717) is 0 Å². The van der Waals surface area contributed by atoms with Gasteiger partial charge in [0.2, 0.25) is 5.96 Å². The lowest BCUT2D eigenvalue weighted by Gasteiger charge is -1.76.